The van der Waals surface area contributed by atoms with Gasteiger partial charge in [-0.3, -0.25) is 0 Å². The van der Waals surface area contributed by atoms with Crippen LogP contribution >= 0.6 is 0 Å². The van der Waals surface area contributed by atoms with Crippen molar-refractivity contribution in [3.63, 3.8) is 0 Å². The number of aryl methyl sites for hydroxylation is 1. The molecule has 0 bridgehead atoms. The van der Waals surface area contributed by atoms with Gasteiger partial charge in [0.05, 0.1) is 16.6 Å². The Hall–Kier alpha value is -1.39. The minimum atomic E-state index is -0.310. The first kappa shape index (κ1) is 16.0. The Kier molecular flexibility index (Phi) is 5.01. The average molecular weight is 289 g/mol. The number of nitrogens with two attached hydrogens (primary N) is 1. The van der Waals surface area contributed by atoms with Gasteiger partial charge in [0.25, 0.3) is 0 Å². The van der Waals surface area contributed by atoms with Crippen molar-refractivity contribution < 1.29 is 4.74 Å². The molecule has 0 saturated heterocycles. The van der Waals surface area contributed by atoms with Crippen LogP contribution in [0.25, 0.3) is 11.0 Å². The van der Waals surface area contributed by atoms with Crippen molar-refractivity contribution >= 4 is 11.0 Å². The molecule has 1 heterocycles. The molecule has 1 aromatic heterocycles. The second kappa shape index (κ2) is 6.58. The summed E-state index contributed by atoms with van der Waals surface area (Å²) in [6, 6.07) is 8.21. The Morgan fingerprint density at radius 3 is 2.67 bits per heavy atom. The standard InChI is InChI=1S/C17H27N3O/c1-5-11-20-14-10-8-7-9-13(14)19-16(20)12-15(18)17(3,6-2)21-4/h7-10,15H,5-6,11-12,18H2,1-4H3. The molecule has 0 radical (unpaired) electrons. The highest BCUT2D eigenvalue weighted by molar-refractivity contribution is 5.75. The third-order valence-electron chi connectivity index (χ3n) is 4.54. The van der Waals surface area contributed by atoms with Crippen molar-refractivity contribution in [2.24, 2.45) is 5.73 Å². The molecule has 4 nitrogen and oxygen atoms in total. The Labute approximate surface area is 127 Å². The van der Waals surface area contributed by atoms with E-state index < -0.39 is 0 Å². The van der Waals surface area contributed by atoms with E-state index >= 15 is 0 Å². The number of imidazole rings is 1. The normalized spacial score (nSPS) is 16.0. The van der Waals surface area contributed by atoms with E-state index in [0.29, 0.717) is 0 Å². The summed E-state index contributed by atoms with van der Waals surface area (Å²) in [5, 5.41) is 0. The maximum Gasteiger partial charge on any atom is 0.111 e. The van der Waals surface area contributed by atoms with E-state index in [0.717, 1.165) is 37.1 Å². The van der Waals surface area contributed by atoms with E-state index in [2.05, 4.69) is 43.5 Å². The molecule has 0 saturated carbocycles. The lowest BCUT2D eigenvalue weighted by atomic mass is 9.91. The van der Waals surface area contributed by atoms with Crippen molar-refractivity contribution in [3.05, 3.63) is 30.1 Å². The number of fused-ring (bicyclic) bond motifs is 1. The first-order valence-electron chi connectivity index (χ1n) is 7.80. The highest BCUT2D eigenvalue weighted by Gasteiger charge is 2.31. The van der Waals surface area contributed by atoms with Crippen LogP contribution in [0.15, 0.2) is 24.3 Å². The van der Waals surface area contributed by atoms with Gasteiger partial charge in [-0.1, -0.05) is 26.0 Å². The lowest BCUT2D eigenvalue weighted by Gasteiger charge is -2.33. The van der Waals surface area contributed by atoms with Crippen LogP contribution in [0.2, 0.25) is 0 Å². The molecule has 116 valence electrons. The molecule has 0 aliphatic rings. The highest BCUT2D eigenvalue weighted by atomic mass is 16.5. The summed E-state index contributed by atoms with van der Waals surface area (Å²) in [5.41, 5.74) is 8.34. The number of ether oxygens (including phenoxy) is 1. The molecular formula is C17H27N3O. The monoisotopic (exact) mass is 289 g/mol. The molecule has 2 atom stereocenters. The fourth-order valence-corrected chi connectivity index (χ4v) is 2.72. The number of nitrogens with zero attached hydrogens (tertiary/aromatic N) is 2. The fraction of sp³-hybridized carbons (Fsp3) is 0.588. The van der Waals surface area contributed by atoms with Gasteiger partial charge in [-0.15, -0.1) is 0 Å². The maximum absolute atomic E-state index is 6.41. The largest absolute Gasteiger partial charge is 0.377 e. The molecule has 2 N–H and O–H groups in total. The molecule has 21 heavy (non-hydrogen) atoms. The SMILES string of the molecule is CCCn1c(CC(N)C(C)(CC)OC)nc2ccccc21. The summed E-state index contributed by atoms with van der Waals surface area (Å²) >= 11 is 0. The Bertz CT molecular complexity index is 587. The number of hydrogen-bond acceptors (Lipinski definition) is 3. The Balaban J connectivity index is 2.35. The van der Waals surface area contributed by atoms with E-state index in [1.807, 2.05) is 6.07 Å². The molecular weight excluding hydrogens is 262 g/mol. The maximum atomic E-state index is 6.41. The van der Waals surface area contributed by atoms with Gasteiger partial charge in [0, 0.05) is 26.1 Å². The van der Waals surface area contributed by atoms with Crippen LogP contribution in [0.5, 0.6) is 0 Å². The smallest absolute Gasteiger partial charge is 0.111 e. The molecule has 2 aromatic rings. The first-order valence-corrected chi connectivity index (χ1v) is 7.80. The number of methoxy groups -OCH3 is 1. The summed E-state index contributed by atoms with van der Waals surface area (Å²) in [4.78, 5) is 4.78. The van der Waals surface area contributed by atoms with Crippen molar-refractivity contribution in [3.8, 4) is 0 Å². The van der Waals surface area contributed by atoms with Crippen molar-refractivity contribution in [1.82, 2.24) is 9.55 Å². The van der Waals surface area contributed by atoms with Crippen molar-refractivity contribution in [2.75, 3.05) is 7.11 Å². The van der Waals surface area contributed by atoms with Crippen LogP contribution in [-0.4, -0.2) is 28.3 Å². The molecule has 0 fully saturated rings. The summed E-state index contributed by atoms with van der Waals surface area (Å²) in [7, 11) is 1.73. The minimum Gasteiger partial charge on any atom is -0.377 e. The summed E-state index contributed by atoms with van der Waals surface area (Å²) < 4.78 is 7.93. The third kappa shape index (κ3) is 3.11. The quantitative estimate of drug-likeness (QED) is 0.852. The van der Waals surface area contributed by atoms with Crippen LogP contribution in [0.4, 0.5) is 0 Å². The van der Waals surface area contributed by atoms with Gasteiger partial charge in [-0.2, -0.15) is 0 Å². The molecule has 2 unspecified atom stereocenters. The predicted molar refractivity (Wildman–Crippen MR) is 87.4 cm³/mol. The fourth-order valence-electron chi connectivity index (χ4n) is 2.72. The van der Waals surface area contributed by atoms with Gasteiger partial charge in [-0.05, 0) is 31.9 Å². The second-order valence-electron chi connectivity index (χ2n) is 5.85. The zero-order chi connectivity index (χ0) is 15.5. The Morgan fingerprint density at radius 1 is 1.33 bits per heavy atom. The number of benzene rings is 1. The molecule has 4 heteroatoms. The van der Waals surface area contributed by atoms with E-state index in [-0.39, 0.29) is 11.6 Å². The van der Waals surface area contributed by atoms with Gasteiger partial charge in [0.15, 0.2) is 0 Å². The number of aromatic nitrogens is 2. The molecule has 2 rings (SSSR count). The lowest BCUT2D eigenvalue weighted by Crippen LogP contribution is -2.48. The molecule has 0 amide bonds. The lowest BCUT2D eigenvalue weighted by molar-refractivity contribution is -0.0190. The highest BCUT2D eigenvalue weighted by Crippen LogP contribution is 2.23. The number of rotatable bonds is 7. The molecule has 0 aliphatic heterocycles. The van der Waals surface area contributed by atoms with E-state index in [1.54, 1.807) is 7.11 Å². The summed E-state index contributed by atoms with van der Waals surface area (Å²) in [5.74, 6) is 1.06. The number of para-hydroxylation sites is 2. The average Bonchev–Trinajstić information content (AvgIpc) is 2.84. The van der Waals surface area contributed by atoms with Gasteiger partial charge in [-0.25, -0.2) is 4.98 Å². The zero-order valence-electron chi connectivity index (χ0n) is 13.6. The van der Waals surface area contributed by atoms with E-state index in [9.17, 15) is 0 Å². The zero-order valence-corrected chi connectivity index (χ0v) is 13.6. The first-order chi connectivity index (χ1) is 10.1. The van der Waals surface area contributed by atoms with Crippen LogP contribution in [0, 0.1) is 0 Å². The van der Waals surface area contributed by atoms with E-state index in [4.69, 9.17) is 15.5 Å². The number of hydrogen-bond donors (Lipinski definition) is 1. The van der Waals surface area contributed by atoms with Crippen molar-refractivity contribution in [2.45, 2.75) is 58.2 Å². The molecule has 0 spiro atoms. The summed E-state index contributed by atoms with van der Waals surface area (Å²) in [6.07, 6.45) is 2.70. The van der Waals surface area contributed by atoms with Crippen LogP contribution in [-0.2, 0) is 17.7 Å². The second-order valence-corrected chi connectivity index (χ2v) is 5.85. The molecule has 1 aromatic carbocycles. The minimum absolute atomic E-state index is 0.0695. The predicted octanol–water partition coefficient (Wildman–Crippen LogP) is 3.13. The van der Waals surface area contributed by atoms with Crippen LogP contribution in [0.3, 0.4) is 0 Å². The van der Waals surface area contributed by atoms with Crippen LogP contribution < -0.4 is 5.73 Å². The van der Waals surface area contributed by atoms with Gasteiger partial charge >= 0.3 is 0 Å². The Morgan fingerprint density at radius 2 is 2.05 bits per heavy atom. The van der Waals surface area contributed by atoms with Gasteiger partial charge in [0.2, 0.25) is 0 Å². The topological polar surface area (TPSA) is 53.1 Å². The van der Waals surface area contributed by atoms with Gasteiger partial charge < -0.3 is 15.0 Å². The van der Waals surface area contributed by atoms with E-state index in [1.165, 1.54) is 5.52 Å². The van der Waals surface area contributed by atoms with Crippen molar-refractivity contribution in [1.29, 1.82) is 0 Å². The van der Waals surface area contributed by atoms with Crippen LogP contribution in [0.1, 0.15) is 39.4 Å². The third-order valence-corrected chi connectivity index (χ3v) is 4.54. The summed E-state index contributed by atoms with van der Waals surface area (Å²) in [6.45, 7) is 7.34. The molecule has 0 aliphatic carbocycles. The van der Waals surface area contributed by atoms with Gasteiger partial charge in [0.1, 0.15) is 5.82 Å².